The summed E-state index contributed by atoms with van der Waals surface area (Å²) >= 11 is 0. The Hall–Kier alpha value is -2.78. The number of halogens is 3. The van der Waals surface area contributed by atoms with Crippen molar-refractivity contribution in [1.29, 1.82) is 0 Å². The summed E-state index contributed by atoms with van der Waals surface area (Å²) in [7, 11) is 0. The van der Waals surface area contributed by atoms with Crippen molar-refractivity contribution in [2.45, 2.75) is 18.7 Å². The van der Waals surface area contributed by atoms with Gasteiger partial charge in [-0.1, -0.05) is 6.07 Å². The van der Waals surface area contributed by atoms with E-state index < -0.39 is 17.8 Å². The Morgan fingerprint density at radius 2 is 1.87 bits per heavy atom. The number of rotatable bonds is 6. The lowest BCUT2D eigenvalue weighted by Crippen LogP contribution is -2.49. The van der Waals surface area contributed by atoms with Gasteiger partial charge in [-0.05, 0) is 42.0 Å². The first kappa shape index (κ1) is 21.5. The molecular formula is C22H24F3N3O3. The SMILES string of the molecule is O=C1Cc2cc(OC[C@@H](O)CN3CCN(c4cccc(C(F)(F)F)c4)CC3)ccc2N1. The highest BCUT2D eigenvalue weighted by Crippen LogP contribution is 2.32. The van der Waals surface area contributed by atoms with Gasteiger partial charge in [-0.3, -0.25) is 9.69 Å². The van der Waals surface area contributed by atoms with Crippen LogP contribution >= 0.6 is 0 Å². The number of nitrogens with one attached hydrogen (secondary N) is 1. The van der Waals surface area contributed by atoms with Gasteiger partial charge in [-0.15, -0.1) is 0 Å². The summed E-state index contributed by atoms with van der Waals surface area (Å²) < 4.78 is 44.5. The molecule has 2 aromatic rings. The van der Waals surface area contributed by atoms with Crippen molar-refractivity contribution in [1.82, 2.24) is 4.90 Å². The number of hydrogen-bond donors (Lipinski definition) is 2. The fourth-order valence-corrected chi connectivity index (χ4v) is 3.91. The average molecular weight is 435 g/mol. The van der Waals surface area contributed by atoms with Crippen molar-refractivity contribution < 1.29 is 27.8 Å². The number of nitrogens with zero attached hydrogens (tertiary/aromatic N) is 2. The Morgan fingerprint density at radius 3 is 2.61 bits per heavy atom. The van der Waals surface area contributed by atoms with Crippen molar-refractivity contribution in [3.63, 3.8) is 0 Å². The van der Waals surface area contributed by atoms with Gasteiger partial charge in [0.05, 0.1) is 12.0 Å². The lowest BCUT2D eigenvalue weighted by Gasteiger charge is -2.37. The lowest BCUT2D eigenvalue weighted by atomic mass is 10.1. The number of aliphatic hydroxyl groups is 1. The van der Waals surface area contributed by atoms with Crippen LogP contribution in [-0.4, -0.2) is 61.3 Å². The zero-order chi connectivity index (χ0) is 22.0. The van der Waals surface area contributed by atoms with Crippen LogP contribution in [0.2, 0.25) is 0 Å². The maximum Gasteiger partial charge on any atom is 0.416 e. The fourth-order valence-electron chi connectivity index (χ4n) is 3.91. The molecule has 31 heavy (non-hydrogen) atoms. The number of amides is 1. The van der Waals surface area contributed by atoms with E-state index in [0.29, 0.717) is 50.6 Å². The second-order valence-corrected chi connectivity index (χ2v) is 7.84. The van der Waals surface area contributed by atoms with Gasteiger partial charge in [-0.25, -0.2) is 0 Å². The van der Waals surface area contributed by atoms with Crippen LogP contribution in [0.15, 0.2) is 42.5 Å². The molecule has 2 heterocycles. The molecule has 9 heteroatoms. The molecule has 0 radical (unpaired) electrons. The minimum Gasteiger partial charge on any atom is -0.491 e. The van der Waals surface area contributed by atoms with Gasteiger partial charge in [0, 0.05) is 44.1 Å². The van der Waals surface area contributed by atoms with Crippen LogP contribution < -0.4 is 15.0 Å². The van der Waals surface area contributed by atoms with E-state index in [1.165, 1.54) is 12.1 Å². The summed E-state index contributed by atoms with van der Waals surface area (Å²) in [5.74, 6) is 0.556. The molecule has 1 fully saturated rings. The summed E-state index contributed by atoms with van der Waals surface area (Å²) in [6, 6.07) is 10.7. The standard InChI is InChI=1S/C22H24F3N3O3/c23-22(24,25)16-2-1-3-17(12-16)28-8-6-27(7-9-28)13-18(29)14-31-19-4-5-20-15(10-19)11-21(30)26-20/h1-5,10,12,18,29H,6-9,11,13-14H2,(H,26,30)/t18-/m0/s1. The second-order valence-electron chi connectivity index (χ2n) is 7.84. The van der Waals surface area contributed by atoms with Crippen LogP contribution in [0.5, 0.6) is 5.75 Å². The smallest absolute Gasteiger partial charge is 0.416 e. The van der Waals surface area contributed by atoms with Crippen LogP contribution in [0.3, 0.4) is 0 Å². The minimum absolute atomic E-state index is 0.0449. The van der Waals surface area contributed by atoms with Crippen LogP contribution in [0.4, 0.5) is 24.5 Å². The number of ether oxygens (including phenoxy) is 1. The third-order valence-electron chi connectivity index (χ3n) is 5.52. The summed E-state index contributed by atoms with van der Waals surface area (Å²) in [5.41, 5.74) is 1.58. The molecule has 4 rings (SSSR count). The minimum atomic E-state index is -4.35. The Bertz CT molecular complexity index is 943. The summed E-state index contributed by atoms with van der Waals surface area (Å²) in [4.78, 5) is 15.4. The molecule has 2 N–H and O–H groups in total. The number of carbonyl (C=O) groups excluding carboxylic acids is 1. The molecule has 6 nitrogen and oxygen atoms in total. The number of aliphatic hydroxyl groups excluding tert-OH is 1. The first-order valence-electron chi connectivity index (χ1n) is 10.2. The quantitative estimate of drug-likeness (QED) is 0.731. The molecule has 0 aromatic heterocycles. The first-order chi connectivity index (χ1) is 14.8. The van der Waals surface area contributed by atoms with Gasteiger partial charge in [0.25, 0.3) is 0 Å². The number of β-amino-alcohol motifs (C(OH)–C–C–N with tert-alkyl or cyclic N) is 1. The van der Waals surface area contributed by atoms with Gasteiger partial charge in [-0.2, -0.15) is 13.2 Å². The van der Waals surface area contributed by atoms with Crippen molar-refractivity contribution in [3.8, 4) is 5.75 Å². The Labute approximate surface area is 178 Å². The summed E-state index contributed by atoms with van der Waals surface area (Å²) in [5, 5.41) is 13.1. The van der Waals surface area contributed by atoms with Gasteiger partial charge >= 0.3 is 6.18 Å². The van der Waals surface area contributed by atoms with E-state index >= 15 is 0 Å². The normalized spacial score (nSPS) is 17.9. The van der Waals surface area contributed by atoms with E-state index in [1.807, 2.05) is 4.90 Å². The molecule has 2 aromatic carbocycles. The molecule has 0 spiro atoms. The van der Waals surface area contributed by atoms with Gasteiger partial charge in [0.2, 0.25) is 5.91 Å². The number of piperazine rings is 1. The highest BCUT2D eigenvalue weighted by atomic mass is 19.4. The largest absolute Gasteiger partial charge is 0.491 e. The number of hydrogen-bond acceptors (Lipinski definition) is 5. The molecule has 2 aliphatic heterocycles. The second kappa shape index (κ2) is 8.76. The fraction of sp³-hybridized carbons (Fsp3) is 0.409. The molecular weight excluding hydrogens is 411 g/mol. The number of anilines is 2. The van der Waals surface area contributed by atoms with E-state index in [2.05, 4.69) is 10.2 Å². The summed E-state index contributed by atoms with van der Waals surface area (Å²) in [6.45, 7) is 2.98. The third kappa shape index (κ3) is 5.29. The van der Waals surface area contributed by atoms with Crippen molar-refractivity contribution in [2.75, 3.05) is 49.5 Å². The Kier molecular flexibility index (Phi) is 6.06. The topological polar surface area (TPSA) is 65.0 Å². The summed E-state index contributed by atoms with van der Waals surface area (Å²) in [6.07, 6.45) is -4.73. The molecule has 0 unspecified atom stereocenters. The molecule has 1 amide bonds. The highest BCUT2D eigenvalue weighted by Gasteiger charge is 2.31. The van der Waals surface area contributed by atoms with Gasteiger partial charge in [0.15, 0.2) is 0 Å². The van der Waals surface area contributed by atoms with E-state index in [9.17, 15) is 23.1 Å². The average Bonchev–Trinajstić information content (AvgIpc) is 3.11. The maximum absolute atomic E-state index is 12.9. The zero-order valence-corrected chi connectivity index (χ0v) is 16.9. The van der Waals surface area contributed by atoms with Crippen molar-refractivity contribution in [3.05, 3.63) is 53.6 Å². The maximum atomic E-state index is 12.9. The number of carbonyl (C=O) groups is 1. The third-order valence-corrected chi connectivity index (χ3v) is 5.52. The van der Waals surface area contributed by atoms with E-state index in [1.54, 1.807) is 24.3 Å². The number of fused-ring (bicyclic) bond motifs is 1. The van der Waals surface area contributed by atoms with Crippen LogP contribution in [0.1, 0.15) is 11.1 Å². The highest BCUT2D eigenvalue weighted by molar-refractivity contribution is 5.99. The molecule has 0 bridgehead atoms. The molecule has 1 atom stereocenters. The monoisotopic (exact) mass is 435 g/mol. The van der Waals surface area contributed by atoms with Gasteiger partial charge in [0.1, 0.15) is 18.5 Å². The predicted molar refractivity (Wildman–Crippen MR) is 110 cm³/mol. The lowest BCUT2D eigenvalue weighted by molar-refractivity contribution is -0.137. The molecule has 0 saturated carbocycles. The molecule has 2 aliphatic rings. The van der Waals surface area contributed by atoms with Crippen LogP contribution in [0.25, 0.3) is 0 Å². The van der Waals surface area contributed by atoms with Crippen LogP contribution in [0, 0.1) is 0 Å². The van der Waals surface area contributed by atoms with Crippen molar-refractivity contribution >= 4 is 17.3 Å². The first-order valence-corrected chi connectivity index (χ1v) is 10.2. The number of benzene rings is 2. The predicted octanol–water partition coefficient (Wildman–Crippen LogP) is 2.76. The zero-order valence-electron chi connectivity index (χ0n) is 16.9. The van der Waals surface area contributed by atoms with E-state index in [-0.39, 0.29) is 12.5 Å². The molecule has 166 valence electrons. The Morgan fingerprint density at radius 1 is 1.10 bits per heavy atom. The Balaban J connectivity index is 1.24. The van der Waals surface area contributed by atoms with E-state index in [0.717, 1.165) is 17.3 Å². The van der Waals surface area contributed by atoms with Gasteiger partial charge < -0.3 is 20.1 Å². The number of alkyl halides is 3. The van der Waals surface area contributed by atoms with Crippen molar-refractivity contribution in [2.24, 2.45) is 0 Å². The van der Waals surface area contributed by atoms with E-state index in [4.69, 9.17) is 4.74 Å². The molecule has 0 aliphatic carbocycles. The van der Waals surface area contributed by atoms with Crippen LogP contribution in [-0.2, 0) is 17.4 Å². The molecule has 1 saturated heterocycles.